The molecule has 5 rings (SSSR count). The second-order valence-corrected chi connectivity index (χ2v) is 15.7. The maximum atomic E-state index is 6.00. The highest BCUT2D eigenvalue weighted by molar-refractivity contribution is 9.12. The van der Waals surface area contributed by atoms with Crippen LogP contribution < -0.4 is 0 Å². The van der Waals surface area contributed by atoms with E-state index in [4.69, 9.17) is 18.9 Å². The molecule has 4 nitrogen and oxygen atoms in total. The van der Waals surface area contributed by atoms with E-state index >= 15 is 0 Å². The summed E-state index contributed by atoms with van der Waals surface area (Å²) in [6.07, 6.45) is 20.1. The van der Waals surface area contributed by atoms with Gasteiger partial charge in [0, 0.05) is 38.4 Å². The van der Waals surface area contributed by atoms with Crippen molar-refractivity contribution in [1.82, 2.24) is 0 Å². The summed E-state index contributed by atoms with van der Waals surface area (Å²) >= 11 is 7.68. The molecule has 0 atom stereocenters. The number of unbranched alkanes of at least 4 members (excludes halogenated alkanes) is 6. The zero-order valence-electron chi connectivity index (χ0n) is 25.8. The Kier molecular flexibility index (Phi) is 11.7. The summed E-state index contributed by atoms with van der Waals surface area (Å²) in [5.41, 5.74) is 6.62. The van der Waals surface area contributed by atoms with E-state index in [1.54, 1.807) is 5.57 Å². The third-order valence-electron chi connectivity index (χ3n) is 9.53. The van der Waals surface area contributed by atoms with Crippen molar-refractivity contribution in [3.8, 4) is 0 Å². The van der Waals surface area contributed by atoms with E-state index in [1.807, 2.05) is 0 Å². The maximum absolute atomic E-state index is 6.00. The van der Waals surface area contributed by atoms with E-state index in [9.17, 15) is 0 Å². The normalized spacial score (nSPS) is 21.3. The van der Waals surface area contributed by atoms with Gasteiger partial charge in [-0.3, -0.25) is 0 Å². The molecule has 0 bridgehead atoms. The average Bonchev–Trinajstić information content (AvgIpc) is 3.04. The van der Waals surface area contributed by atoms with Crippen LogP contribution in [0, 0.1) is 10.8 Å². The van der Waals surface area contributed by atoms with E-state index in [2.05, 4.69) is 82.1 Å². The lowest BCUT2D eigenvalue weighted by molar-refractivity contribution is -0.137. The molecule has 2 heterocycles. The van der Waals surface area contributed by atoms with Gasteiger partial charge in [-0.15, -0.1) is 0 Å². The minimum Gasteiger partial charge on any atom is -0.381 e. The number of rotatable bonds is 18. The molecule has 0 radical (unpaired) electrons. The van der Waals surface area contributed by atoms with Gasteiger partial charge >= 0.3 is 0 Å². The molecule has 1 aromatic carbocycles. The van der Waals surface area contributed by atoms with E-state index < -0.39 is 0 Å². The van der Waals surface area contributed by atoms with Gasteiger partial charge in [0.05, 0.1) is 39.6 Å². The van der Waals surface area contributed by atoms with Crippen molar-refractivity contribution in [2.24, 2.45) is 10.8 Å². The Bertz CT molecular complexity index is 1110. The van der Waals surface area contributed by atoms with E-state index in [-0.39, 0.29) is 16.2 Å². The monoisotopic (exact) mass is 704 g/mol. The van der Waals surface area contributed by atoms with Crippen LogP contribution in [0.4, 0.5) is 0 Å². The van der Waals surface area contributed by atoms with Crippen molar-refractivity contribution < 1.29 is 18.9 Å². The molecule has 0 saturated carbocycles. The van der Waals surface area contributed by atoms with Gasteiger partial charge in [0.1, 0.15) is 0 Å². The van der Waals surface area contributed by atoms with Gasteiger partial charge < -0.3 is 18.9 Å². The molecule has 2 aliphatic heterocycles. The Hall–Kier alpha value is -0.760. The van der Waals surface area contributed by atoms with E-state index in [1.165, 1.54) is 77.0 Å². The molecule has 232 valence electrons. The SMILES string of the molecule is CC1(COCCCCCCC2(CCCCCCOCC3(C)COC3)C3=C(CC=CC(Br)=C3)c3ccc(Br)cc32)COC1. The average molecular weight is 707 g/mol. The van der Waals surface area contributed by atoms with Crippen molar-refractivity contribution >= 4 is 37.4 Å². The molecule has 0 N–H and O–H groups in total. The van der Waals surface area contributed by atoms with Crippen LogP contribution in [0.25, 0.3) is 5.57 Å². The molecule has 2 fully saturated rings. The fourth-order valence-electron chi connectivity index (χ4n) is 7.01. The van der Waals surface area contributed by atoms with Crippen molar-refractivity contribution in [2.75, 3.05) is 52.9 Å². The van der Waals surface area contributed by atoms with E-state index in [0.717, 1.165) is 72.1 Å². The Labute approximate surface area is 270 Å². The number of benzene rings is 1. The van der Waals surface area contributed by atoms with Gasteiger partial charge in [0.25, 0.3) is 0 Å². The molecule has 6 heteroatoms. The van der Waals surface area contributed by atoms with Crippen LogP contribution in [0.15, 0.2) is 51.0 Å². The summed E-state index contributed by atoms with van der Waals surface area (Å²) in [7, 11) is 0. The van der Waals surface area contributed by atoms with Gasteiger partial charge in [0.15, 0.2) is 0 Å². The zero-order chi connectivity index (χ0) is 29.5. The smallest absolute Gasteiger partial charge is 0.0564 e. The van der Waals surface area contributed by atoms with Crippen LogP contribution in [-0.2, 0) is 24.4 Å². The first-order chi connectivity index (χ1) is 20.3. The summed E-state index contributed by atoms with van der Waals surface area (Å²) in [6, 6.07) is 7.00. The van der Waals surface area contributed by atoms with Crippen LogP contribution in [0.3, 0.4) is 0 Å². The van der Waals surface area contributed by atoms with Crippen LogP contribution in [0.5, 0.6) is 0 Å². The van der Waals surface area contributed by atoms with Crippen molar-refractivity contribution in [3.63, 3.8) is 0 Å². The molecule has 2 saturated heterocycles. The molecular formula is C36H50Br2O4. The number of ether oxygens (including phenoxy) is 4. The standard InChI is InChI=1S/C36H50Br2O4/c1-34(24-41-25-34)22-39-18-9-5-3-7-16-36(17-8-4-6-10-19-40-23-35(2)26-42-27-35)32-20-28(37)12-11-13-30(32)31-15-14-29(38)21-33(31)36/h11-12,14-15,20-21H,3-10,13,16-19,22-27H2,1-2H3. The van der Waals surface area contributed by atoms with Crippen LogP contribution in [0.1, 0.15) is 95.6 Å². The molecule has 42 heavy (non-hydrogen) atoms. The number of fused-ring (bicyclic) bond motifs is 2. The Morgan fingerprint density at radius 1 is 0.762 bits per heavy atom. The summed E-state index contributed by atoms with van der Waals surface area (Å²) in [5.74, 6) is 0. The van der Waals surface area contributed by atoms with Gasteiger partial charge in [-0.05, 0) is 72.6 Å². The number of allylic oxidation sites excluding steroid dienone is 6. The quantitative estimate of drug-likeness (QED) is 0.143. The number of halogens is 2. The molecule has 0 aromatic heterocycles. The number of hydrogen-bond acceptors (Lipinski definition) is 4. The van der Waals surface area contributed by atoms with Crippen LogP contribution in [-0.4, -0.2) is 52.9 Å². The van der Waals surface area contributed by atoms with Crippen LogP contribution in [0.2, 0.25) is 0 Å². The fourth-order valence-corrected chi connectivity index (χ4v) is 7.79. The first-order valence-electron chi connectivity index (χ1n) is 16.2. The van der Waals surface area contributed by atoms with Crippen LogP contribution >= 0.6 is 31.9 Å². The molecule has 0 spiro atoms. The topological polar surface area (TPSA) is 36.9 Å². The first-order valence-corrected chi connectivity index (χ1v) is 17.8. The van der Waals surface area contributed by atoms with E-state index in [0.29, 0.717) is 0 Å². The lowest BCUT2D eigenvalue weighted by atomic mass is 9.69. The Morgan fingerprint density at radius 3 is 1.88 bits per heavy atom. The molecule has 1 aromatic rings. The predicted molar refractivity (Wildman–Crippen MR) is 179 cm³/mol. The third-order valence-corrected chi connectivity index (χ3v) is 10.5. The van der Waals surface area contributed by atoms with Crippen molar-refractivity contribution in [2.45, 2.75) is 89.9 Å². The molecule has 0 amide bonds. The summed E-state index contributed by atoms with van der Waals surface area (Å²) in [6.45, 7) is 11.3. The number of hydrogen-bond donors (Lipinski definition) is 0. The molecular weight excluding hydrogens is 656 g/mol. The Morgan fingerprint density at radius 2 is 1.33 bits per heavy atom. The summed E-state index contributed by atoms with van der Waals surface area (Å²) < 4.78 is 25.1. The highest BCUT2D eigenvalue weighted by Gasteiger charge is 2.43. The highest BCUT2D eigenvalue weighted by Crippen LogP contribution is 2.55. The third kappa shape index (κ3) is 8.09. The minimum atomic E-state index is 0.0735. The minimum absolute atomic E-state index is 0.0735. The second kappa shape index (κ2) is 15.0. The molecule has 0 unspecified atom stereocenters. The zero-order valence-corrected chi connectivity index (χ0v) is 29.0. The van der Waals surface area contributed by atoms with Crippen molar-refractivity contribution in [3.05, 3.63) is 62.1 Å². The second-order valence-electron chi connectivity index (χ2n) is 13.8. The largest absolute Gasteiger partial charge is 0.381 e. The maximum Gasteiger partial charge on any atom is 0.0564 e. The van der Waals surface area contributed by atoms with Gasteiger partial charge in [0.2, 0.25) is 0 Å². The predicted octanol–water partition coefficient (Wildman–Crippen LogP) is 9.70. The summed E-state index contributed by atoms with van der Waals surface area (Å²) in [5, 5.41) is 0. The summed E-state index contributed by atoms with van der Waals surface area (Å²) in [4.78, 5) is 0. The Balaban J connectivity index is 1.17. The lowest BCUT2D eigenvalue weighted by Crippen LogP contribution is -2.43. The lowest BCUT2D eigenvalue weighted by Gasteiger charge is -2.37. The molecule has 2 aliphatic carbocycles. The van der Waals surface area contributed by atoms with Gasteiger partial charge in [-0.25, -0.2) is 0 Å². The van der Waals surface area contributed by atoms with Gasteiger partial charge in [-0.1, -0.05) is 102 Å². The molecule has 4 aliphatic rings. The first kappa shape index (κ1) is 32.6. The van der Waals surface area contributed by atoms with Gasteiger partial charge in [-0.2, -0.15) is 0 Å². The fraction of sp³-hybridized carbons (Fsp3) is 0.667. The highest BCUT2D eigenvalue weighted by atomic mass is 79.9. The van der Waals surface area contributed by atoms with Crippen molar-refractivity contribution in [1.29, 1.82) is 0 Å².